The molecule has 0 saturated carbocycles. The molecule has 1 atom stereocenters. The van der Waals surface area contributed by atoms with E-state index < -0.39 is 17.3 Å². The van der Waals surface area contributed by atoms with Crippen LogP contribution in [0.25, 0.3) is 0 Å². The van der Waals surface area contributed by atoms with Crippen LogP contribution in [0.15, 0.2) is 48.5 Å². The van der Waals surface area contributed by atoms with Gasteiger partial charge in [-0.2, -0.15) is 0 Å². The molecule has 1 heterocycles. The third-order valence-corrected chi connectivity index (χ3v) is 4.80. The summed E-state index contributed by atoms with van der Waals surface area (Å²) in [6.45, 7) is 3.12. The van der Waals surface area contributed by atoms with Crippen LogP contribution in [0.3, 0.4) is 0 Å². The molecule has 28 heavy (non-hydrogen) atoms. The zero-order valence-electron chi connectivity index (χ0n) is 16.5. The molecular formula is C22H26N2O4. The standard InChI is InChI=1S/C22H26N2O4/c1-22(27,15-23(2)3)18-9-10-19-17(13-18)14-24(11-12-28-19)21(26)20(25)16-7-5-4-6-8-16/h4-10,13,27H,11-12,14-15H2,1-3H3/t22-/m1/s1. The van der Waals surface area contributed by atoms with Crippen LogP contribution in [0.2, 0.25) is 0 Å². The van der Waals surface area contributed by atoms with E-state index in [2.05, 4.69) is 0 Å². The fourth-order valence-corrected chi connectivity index (χ4v) is 3.47. The summed E-state index contributed by atoms with van der Waals surface area (Å²) in [7, 11) is 3.80. The van der Waals surface area contributed by atoms with Gasteiger partial charge in [-0.05, 0) is 38.7 Å². The van der Waals surface area contributed by atoms with Crippen molar-refractivity contribution in [2.75, 3.05) is 33.8 Å². The van der Waals surface area contributed by atoms with Crippen LogP contribution in [-0.2, 0) is 16.9 Å². The van der Waals surface area contributed by atoms with E-state index in [1.165, 1.54) is 4.90 Å². The van der Waals surface area contributed by atoms with Gasteiger partial charge in [-0.15, -0.1) is 0 Å². The van der Waals surface area contributed by atoms with Gasteiger partial charge in [-0.1, -0.05) is 36.4 Å². The number of fused-ring (bicyclic) bond motifs is 1. The lowest BCUT2D eigenvalue weighted by Gasteiger charge is -2.28. The minimum atomic E-state index is -1.04. The van der Waals surface area contributed by atoms with Crippen LogP contribution in [-0.4, -0.2) is 60.4 Å². The molecule has 2 aromatic rings. The largest absolute Gasteiger partial charge is 0.491 e. The van der Waals surface area contributed by atoms with Gasteiger partial charge in [-0.25, -0.2) is 0 Å². The summed E-state index contributed by atoms with van der Waals surface area (Å²) in [5, 5.41) is 10.8. The highest BCUT2D eigenvalue weighted by molar-refractivity contribution is 6.42. The Morgan fingerprint density at radius 2 is 1.89 bits per heavy atom. The lowest BCUT2D eigenvalue weighted by Crippen LogP contribution is -2.37. The quantitative estimate of drug-likeness (QED) is 0.633. The van der Waals surface area contributed by atoms with Crippen LogP contribution in [0, 0.1) is 0 Å². The Bertz CT molecular complexity index is 862. The van der Waals surface area contributed by atoms with Crippen molar-refractivity contribution in [1.82, 2.24) is 9.80 Å². The Morgan fingerprint density at radius 3 is 2.57 bits per heavy atom. The number of carbonyl (C=O) groups is 2. The number of ketones is 1. The van der Waals surface area contributed by atoms with E-state index in [0.29, 0.717) is 31.0 Å². The Hall–Kier alpha value is -2.70. The second kappa shape index (κ2) is 8.12. The smallest absolute Gasteiger partial charge is 0.295 e. The van der Waals surface area contributed by atoms with Gasteiger partial charge in [0.1, 0.15) is 12.4 Å². The molecule has 1 aliphatic rings. The highest BCUT2D eigenvalue weighted by Gasteiger charge is 2.29. The lowest BCUT2D eigenvalue weighted by molar-refractivity contribution is -0.127. The first-order chi connectivity index (χ1) is 13.3. The van der Waals surface area contributed by atoms with Crippen molar-refractivity contribution >= 4 is 11.7 Å². The van der Waals surface area contributed by atoms with E-state index in [-0.39, 0.29) is 6.54 Å². The zero-order chi connectivity index (χ0) is 20.3. The molecule has 1 N–H and O–H groups in total. The maximum atomic E-state index is 12.8. The van der Waals surface area contributed by atoms with Crippen LogP contribution >= 0.6 is 0 Å². The molecule has 6 nitrogen and oxygen atoms in total. The maximum absolute atomic E-state index is 12.8. The predicted molar refractivity (Wildman–Crippen MR) is 106 cm³/mol. The molecular weight excluding hydrogens is 356 g/mol. The third kappa shape index (κ3) is 4.40. The number of carbonyl (C=O) groups excluding carboxylic acids is 2. The van der Waals surface area contributed by atoms with Crippen LogP contribution in [0.5, 0.6) is 5.75 Å². The Labute approximate surface area is 165 Å². The van der Waals surface area contributed by atoms with Crippen molar-refractivity contribution in [2.45, 2.75) is 19.1 Å². The van der Waals surface area contributed by atoms with E-state index in [0.717, 1.165) is 11.1 Å². The van der Waals surface area contributed by atoms with Crippen molar-refractivity contribution < 1.29 is 19.4 Å². The van der Waals surface area contributed by atoms with Gasteiger partial charge in [0.2, 0.25) is 5.78 Å². The van der Waals surface area contributed by atoms with Crippen molar-refractivity contribution in [1.29, 1.82) is 0 Å². The van der Waals surface area contributed by atoms with E-state index in [1.54, 1.807) is 37.3 Å². The number of benzene rings is 2. The molecule has 0 saturated heterocycles. The highest BCUT2D eigenvalue weighted by Crippen LogP contribution is 2.30. The molecule has 6 heteroatoms. The first-order valence-electron chi connectivity index (χ1n) is 9.30. The second-order valence-electron chi connectivity index (χ2n) is 7.60. The number of likely N-dealkylation sites (N-methyl/N-ethyl adjacent to an activating group) is 1. The molecule has 0 fully saturated rings. The van der Waals surface area contributed by atoms with Crippen molar-refractivity contribution in [3.05, 3.63) is 65.2 Å². The molecule has 0 unspecified atom stereocenters. The monoisotopic (exact) mass is 382 g/mol. The molecule has 0 spiro atoms. The average Bonchev–Trinajstić information content (AvgIpc) is 2.88. The molecule has 2 aromatic carbocycles. The van der Waals surface area contributed by atoms with E-state index in [1.807, 2.05) is 37.2 Å². The molecule has 1 aliphatic heterocycles. The number of aliphatic hydroxyl groups is 1. The van der Waals surface area contributed by atoms with Crippen molar-refractivity contribution in [2.24, 2.45) is 0 Å². The fourth-order valence-electron chi connectivity index (χ4n) is 3.47. The first-order valence-corrected chi connectivity index (χ1v) is 9.30. The first kappa shape index (κ1) is 20.0. The second-order valence-corrected chi connectivity index (χ2v) is 7.60. The van der Waals surface area contributed by atoms with Gasteiger partial charge in [0.25, 0.3) is 5.91 Å². The van der Waals surface area contributed by atoms with Crippen molar-refractivity contribution in [3.8, 4) is 5.75 Å². The predicted octanol–water partition coefficient (Wildman–Crippen LogP) is 2.06. The van der Waals surface area contributed by atoms with Gasteiger partial charge < -0.3 is 19.6 Å². The number of hydrogen-bond donors (Lipinski definition) is 1. The fraction of sp³-hybridized carbons (Fsp3) is 0.364. The van der Waals surface area contributed by atoms with Crippen LogP contribution in [0.1, 0.15) is 28.4 Å². The summed E-state index contributed by atoms with van der Waals surface area (Å²) >= 11 is 0. The van der Waals surface area contributed by atoms with Crippen LogP contribution < -0.4 is 4.74 Å². The molecule has 0 radical (unpaired) electrons. The normalized spacial score (nSPS) is 16.0. The Morgan fingerprint density at radius 1 is 1.18 bits per heavy atom. The summed E-state index contributed by atoms with van der Waals surface area (Å²) < 4.78 is 5.77. The van der Waals surface area contributed by atoms with Crippen molar-refractivity contribution in [3.63, 3.8) is 0 Å². The summed E-state index contributed by atoms with van der Waals surface area (Å²) in [4.78, 5) is 28.7. The minimum absolute atomic E-state index is 0.263. The number of hydrogen-bond acceptors (Lipinski definition) is 5. The molecule has 0 aromatic heterocycles. The Balaban J connectivity index is 1.84. The average molecular weight is 382 g/mol. The maximum Gasteiger partial charge on any atom is 0.295 e. The van der Waals surface area contributed by atoms with Crippen LogP contribution in [0.4, 0.5) is 0 Å². The van der Waals surface area contributed by atoms with Gasteiger partial charge in [0.05, 0.1) is 12.1 Å². The van der Waals surface area contributed by atoms with Gasteiger partial charge >= 0.3 is 0 Å². The molecule has 148 valence electrons. The summed E-state index contributed by atoms with van der Waals surface area (Å²) in [6.07, 6.45) is 0. The SMILES string of the molecule is CN(C)C[C@@](C)(O)c1ccc2c(c1)CN(C(=O)C(=O)c1ccccc1)CCO2. The summed E-state index contributed by atoms with van der Waals surface area (Å²) in [5.74, 6) is -0.403. The topological polar surface area (TPSA) is 70.1 Å². The van der Waals surface area contributed by atoms with E-state index >= 15 is 0 Å². The zero-order valence-corrected chi connectivity index (χ0v) is 16.5. The molecule has 0 aliphatic carbocycles. The Kier molecular flexibility index (Phi) is 5.82. The summed E-state index contributed by atoms with van der Waals surface area (Å²) in [5.41, 5.74) is 0.857. The summed E-state index contributed by atoms with van der Waals surface area (Å²) in [6, 6.07) is 14.1. The minimum Gasteiger partial charge on any atom is -0.491 e. The van der Waals surface area contributed by atoms with E-state index in [9.17, 15) is 14.7 Å². The lowest BCUT2D eigenvalue weighted by atomic mass is 9.93. The number of Topliss-reactive ketones (excluding diaryl/α,β-unsaturated/α-hetero) is 1. The molecule has 1 amide bonds. The number of nitrogens with zero attached hydrogens (tertiary/aromatic N) is 2. The number of amides is 1. The molecule has 3 rings (SSSR count). The molecule has 0 bridgehead atoms. The van der Waals surface area contributed by atoms with Gasteiger partial charge in [-0.3, -0.25) is 9.59 Å². The third-order valence-electron chi connectivity index (χ3n) is 4.80. The van der Waals surface area contributed by atoms with Gasteiger partial charge in [0, 0.05) is 24.2 Å². The number of ether oxygens (including phenoxy) is 1. The van der Waals surface area contributed by atoms with Gasteiger partial charge in [0.15, 0.2) is 0 Å². The van der Waals surface area contributed by atoms with E-state index in [4.69, 9.17) is 4.74 Å². The highest BCUT2D eigenvalue weighted by atomic mass is 16.5. The number of rotatable bonds is 5.